The molecule has 6 nitrogen and oxygen atoms in total. The first kappa shape index (κ1) is 13.8. The first-order valence-corrected chi connectivity index (χ1v) is 6.89. The van der Waals surface area contributed by atoms with Gasteiger partial charge in [0.2, 0.25) is 17.8 Å². The van der Waals surface area contributed by atoms with Gasteiger partial charge in [0.25, 0.3) is 0 Å². The van der Waals surface area contributed by atoms with Gasteiger partial charge in [-0.05, 0) is 31.6 Å². The molecular weight excluding hydrogens is 240 g/mol. The van der Waals surface area contributed by atoms with E-state index < -0.39 is 0 Å². The maximum Gasteiger partial charge on any atom is 0.231 e. The fraction of sp³-hybridized carbons (Fsp3) is 0.769. The maximum atomic E-state index is 5.77. The van der Waals surface area contributed by atoms with Crippen LogP contribution in [0, 0.1) is 5.92 Å². The third kappa shape index (κ3) is 3.24. The number of nitrogens with two attached hydrogens (primary N) is 1. The van der Waals surface area contributed by atoms with Crippen LogP contribution >= 0.6 is 0 Å². The van der Waals surface area contributed by atoms with Gasteiger partial charge in [0.15, 0.2) is 0 Å². The van der Waals surface area contributed by atoms with Crippen LogP contribution in [-0.4, -0.2) is 42.1 Å². The Morgan fingerprint density at radius 1 is 0.947 bits per heavy atom. The van der Waals surface area contributed by atoms with Gasteiger partial charge in [0.1, 0.15) is 0 Å². The van der Waals surface area contributed by atoms with Crippen molar-refractivity contribution in [1.29, 1.82) is 0 Å². The van der Waals surface area contributed by atoms with Gasteiger partial charge in [-0.15, -0.1) is 0 Å². The molecule has 0 unspecified atom stereocenters. The van der Waals surface area contributed by atoms with Crippen molar-refractivity contribution in [1.82, 2.24) is 15.0 Å². The van der Waals surface area contributed by atoms with E-state index in [9.17, 15) is 0 Å². The summed E-state index contributed by atoms with van der Waals surface area (Å²) in [6, 6.07) is 0.507. The van der Waals surface area contributed by atoms with Crippen LogP contribution < -0.4 is 15.5 Å². The van der Waals surface area contributed by atoms with Gasteiger partial charge in [0.05, 0.1) is 0 Å². The molecule has 0 amide bonds. The highest BCUT2D eigenvalue weighted by Crippen LogP contribution is 2.28. The molecule has 1 fully saturated rings. The van der Waals surface area contributed by atoms with Crippen molar-refractivity contribution in [2.24, 2.45) is 5.92 Å². The summed E-state index contributed by atoms with van der Waals surface area (Å²) in [4.78, 5) is 16.9. The van der Waals surface area contributed by atoms with Crippen LogP contribution in [0.1, 0.15) is 32.6 Å². The fourth-order valence-electron chi connectivity index (χ4n) is 2.52. The van der Waals surface area contributed by atoms with Crippen LogP contribution in [0.5, 0.6) is 0 Å². The minimum Gasteiger partial charge on any atom is -0.368 e. The zero-order valence-corrected chi connectivity index (χ0v) is 12.3. The average Bonchev–Trinajstić information content (AvgIpc) is 2.38. The van der Waals surface area contributed by atoms with E-state index in [0.717, 1.165) is 5.92 Å². The van der Waals surface area contributed by atoms with Crippen molar-refractivity contribution in [2.45, 2.75) is 38.6 Å². The molecule has 0 bridgehead atoms. The third-order valence-corrected chi connectivity index (χ3v) is 3.88. The number of hydrogen-bond donors (Lipinski definition) is 1. The Hall–Kier alpha value is -1.59. The Balaban J connectivity index is 2.16. The van der Waals surface area contributed by atoms with Crippen LogP contribution in [0.15, 0.2) is 0 Å². The molecule has 6 heteroatoms. The van der Waals surface area contributed by atoms with Crippen molar-refractivity contribution in [3.8, 4) is 0 Å². The lowest BCUT2D eigenvalue weighted by atomic mass is 9.87. The number of nitrogen functional groups attached to an aromatic ring is 1. The molecule has 0 atom stereocenters. The second-order valence-corrected chi connectivity index (χ2v) is 5.71. The van der Waals surface area contributed by atoms with Crippen molar-refractivity contribution in [2.75, 3.05) is 36.7 Å². The van der Waals surface area contributed by atoms with Gasteiger partial charge in [-0.2, -0.15) is 15.0 Å². The normalized spacial score (nSPS) is 23.2. The molecule has 0 spiro atoms. The summed E-state index contributed by atoms with van der Waals surface area (Å²) in [7, 11) is 5.86. The van der Waals surface area contributed by atoms with Crippen LogP contribution in [0.4, 0.5) is 17.8 Å². The predicted molar refractivity (Wildman–Crippen MR) is 78.4 cm³/mol. The number of aromatic nitrogens is 3. The predicted octanol–water partition coefficient (Wildman–Crippen LogP) is 1.53. The molecule has 1 aromatic rings. The number of hydrogen-bond acceptors (Lipinski definition) is 6. The maximum absolute atomic E-state index is 5.77. The summed E-state index contributed by atoms with van der Waals surface area (Å²) in [5.74, 6) is 2.41. The van der Waals surface area contributed by atoms with Crippen molar-refractivity contribution in [3.05, 3.63) is 0 Å². The molecule has 0 aromatic carbocycles. The number of rotatable bonds is 3. The Morgan fingerprint density at radius 2 is 1.53 bits per heavy atom. The Kier molecular flexibility index (Phi) is 4.07. The first-order valence-electron chi connectivity index (χ1n) is 6.89. The molecule has 2 rings (SSSR count). The second kappa shape index (κ2) is 5.59. The van der Waals surface area contributed by atoms with Gasteiger partial charge < -0.3 is 15.5 Å². The number of anilines is 3. The highest BCUT2D eigenvalue weighted by molar-refractivity contribution is 5.42. The third-order valence-electron chi connectivity index (χ3n) is 3.88. The lowest BCUT2D eigenvalue weighted by Crippen LogP contribution is -2.36. The van der Waals surface area contributed by atoms with Gasteiger partial charge in [-0.1, -0.05) is 6.92 Å². The largest absolute Gasteiger partial charge is 0.368 e. The standard InChI is InChI=1S/C13H24N6/c1-9-5-7-10(8-6-9)19(4)13-16-11(14)15-12(17-13)18(2)3/h9-10H,5-8H2,1-4H3,(H2,14,15,16,17). The Morgan fingerprint density at radius 3 is 2.11 bits per heavy atom. The van der Waals surface area contributed by atoms with E-state index in [2.05, 4.69) is 33.8 Å². The zero-order chi connectivity index (χ0) is 14.0. The first-order chi connectivity index (χ1) is 8.97. The van der Waals surface area contributed by atoms with Crippen molar-refractivity contribution in [3.63, 3.8) is 0 Å². The highest BCUT2D eigenvalue weighted by atomic mass is 15.3. The molecule has 1 aliphatic rings. The zero-order valence-electron chi connectivity index (χ0n) is 12.3. The van der Waals surface area contributed by atoms with E-state index in [4.69, 9.17) is 5.73 Å². The quantitative estimate of drug-likeness (QED) is 0.893. The number of nitrogens with zero attached hydrogens (tertiary/aromatic N) is 5. The van der Waals surface area contributed by atoms with E-state index in [1.54, 1.807) is 0 Å². The van der Waals surface area contributed by atoms with E-state index in [0.29, 0.717) is 17.9 Å². The molecule has 0 aliphatic heterocycles. The Labute approximate surface area is 115 Å². The van der Waals surface area contributed by atoms with Crippen molar-refractivity contribution >= 4 is 17.8 Å². The van der Waals surface area contributed by atoms with E-state index in [1.165, 1.54) is 25.7 Å². The van der Waals surface area contributed by atoms with Crippen LogP contribution in [0.25, 0.3) is 0 Å². The van der Waals surface area contributed by atoms with E-state index in [-0.39, 0.29) is 5.95 Å². The summed E-state index contributed by atoms with van der Waals surface area (Å²) in [5, 5.41) is 0. The molecular formula is C13H24N6. The fourth-order valence-corrected chi connectivity index (χ4v) is 2.52. The van der Waals surface area contributed by atoms with Crippen LogP contribution in [0.2, 0.25) is 0 Å². The lowest BCUT2D eigenvalue weighted by molar-refractivity contribution is 0.339. The minimum atomic E-state index is 0.282. The Bertz CT molecular complexity index is 425. The molecule has 106 valence electrons. The lowest BCUT2D eigenvalue weighted by Gasteiger charge is -2.33. The topological polar surface area (TPSA) is 71.2 Å². The summed E-state index contributed by atoms with van der Waals surface area (Å²) in [6.45, 7) is 2.32. The highest BCUT2D eigenvalue weighted by Gasteiger charge is 2.24. The van der Waals surface area contributed by atoms with Gasteiger partial charge in [-0.25, -0.2) is 0 Å². The van der Waals surface area contributed by atoms with Crippen LogP contribution in [0.3, 0.4) is 0 Å². The molecule has 2 N–H and O–H groups in total. The van der Waals surface area contributed by atoms with E-state index in [1.807, 2.05) is 19.0 Å². The van der Waals surface area contributed by atoms with E-state index >= 15 is 0 Å². The average molecular weight is 264 g/mol. The summed E-state index contributed by atoms with van der Waals surface area (Å²) in [6.07, 6.45) is 4.94. The SMILES string of the molecule is CC1CCC(N(C)c2nc(N)nc(N(C)C)n2)CC1. The van der Waals surface area contributed by atoms with Gasteiger partial charge in [0, 0.05) is 27.2 Å². The second-order valence-electron chi connectivity index (χ2n) is 5.71. The molecule has 1 saturated carbocycles. The van der Waals surface area contributed by atoms with Gasteiger partial charge in [-0.3, -0.25) is 0 Å². The molecule has 1 aromatic heterocycles. The minimum absolute atomic E-state index is 0.282. The van der Waals surface area contributed by atoms with Crippen LogP contribution in [-0.2, 0) is 0 Å². The monoisotopic (exact) mass is 264 g/mol. The molecule has 1 aliphatic carbocycles. The summed E-state index contributed by atoms with van der Waals surface area (Å²) < 4.78 is 0. The van der Waals surface area contributed by atoms with Gasteiger partial charge >= 0.3 is 0 Å². The molecule has 0 saturated heterocycles. The van der Waals surface area contributed by atoms with Crippen molar-refractivity contribution < 1.29 is 0 Å². The molecule has 0 radical (unpaired) electrons. The summed E-state index contributed by atoms with van der Waals surface area (Å²) >= 11 is 0. The summed E-state index contributed by atoms with van der Waals surface area (Å²) in [5.41, 5.74) is 5.77. The smallest absolute Gasteiger partial charge is 0.231 e. The molecule has 19 heavy (non-hydrogen) atoms. The molecule has 1 heterocycles.